The zero-order valence-corrected chi connectivity index (χ0v) is 22.8. The van der Waals surface area contributed by atoms with Gasteiger partial charge in [0.2, 0.25) is 5.95 Å². The van der Waals surface area contributed by atoms with Crippen molar-refractivity contribution in [2.45, 2.75) is 78.4 Å². The number of methoxy groups -OCH3 is 1. The number of nitrogens with zero attached hydrogens (tertiary/aromatic N) is 2. The van der Waals surface area contributed by atoms with Crippen molar-refractivity contribution in [2.24, 2.45) is 0 Å². The van der Waals surface area contributed by atoms with E-state index in [0.717, 1.165) is 24.8 Å². The highest BCUT2D eigenvalue weighted by atomic mass is 16.6. The molecule has 9 heteroatoms. The number of nitrogens with two attached hydrogens (primary N) is 1. The lowest BCUT2D eigenvalue weighted by Gasteiger charge is -2.24. The number of hydrogen-bond donors (Lipinski definition) is 2. The number of nitrogens with one attached hydrogen (secondary N) is 1. The number of carbonyl (C=O) groups is 2. The van der Waals surface area contributed by atoms with E-state index in [2.05, 4.69) is 22.2 Å². The van der Waals surface area contributed by atoms with Gasteiger partial charge < -0.3 is 25.3 Å². The molecule has 1 unspecified atom stereocenters. The van der Waals surface area contributed by atoms with Crippen molar-refractivity contribution in [3.63, 3.8) is 0 Å². The Labute approximate surface area is 219 Å². The summed E-state index contributed by atoms with van der Waals surface area (Å²) in [7, 11) is 1.61. The molecule has 0 spiro atoms. The predicted octanol–water partition coefficient (Wildman–Crippen LogP) is 4.94. The van der Waals surface area contributed by atoms with Crippen LogP contribution in [0.3, 0.4) is 0 Å². The summed E-state index contributed by atoms with van der Waals surface area (Å²) < 4.78 is 16.1. The minimum atomic E-state index is -0.578. The van der Waals surface area contributed by atoms with Crippen molar-refractivity contribution in [1.29, 1.82) is 0 Å². The fraction of sp³-hybridized carbons (Fsp3) is 0.500. The molecule has 202 valence electrons. The van der Waals surface area contributed by atoms with Gasteiger partial charge in [-0.1, -0.05) is 38.0 Å². The second kappa shape index (κ2) is 14.2. The van der Waals surface area contributed by atoms with Crippen LogP contribution in [0, 0.1) is 0 Å². The predicted molar refractivity (Wildman–Crippen MR) is 145 cm³/mol. The molecule has 1 aromatic carbocycles. The Hall–Kier alpha value is -3.62. The number of esters is 2. The largest absolute Gasteiger partial charge is 0.496 e. The highest BCUT2D eigenvalue weighted by Gasteiger charge is 2.23. The van der Waals surface area contributed by atoms with Gasteiger partial charge >= 0.3 is 11.9 Å². The summed E-state index contributed by atoms with van der Waals surface area (Å²) in [6.45, 7) is 9.64. The fourth-order valence-electron chi connectivity index (χ4n) is 3.78. The Morgan fingerprint density at radius 2 is 1.89 bits per heavy atom. The van der Waals surface area contributed by atoms with Crippen LogP contribution in [0.1, 0.15) is 77.1 Å². The van der Waals surface area contributed by atoms with Crippen LogP contribution in [0.5, 0.6) is 5.75 Å². The Morgan fingerprint density at radius 1 is 1.16 bits per heavy atom. The summed E-state index contributed by atoms with van der Waals surface area (Å²) in [4.78, 5) is 33.6. The number of hydrogen-bond acceptors (Lipinski definition) is 9. The minimum Gasteiger partial charge on any atom is -0.496 e. The summed E-state index contributed by atoms with van der Waals surface area (Å²) in [5.41, 5.74) is 7.59. The zero-order chi connectivity index (χ0) is 27.4. The fourth-order valence-corrected chi connectivity index (χ4v) is 3.78. The number of para-hydroxylation sites is 1. The van der Waals surface area contributed by atoms with E-state index in [1.807, 2.05) is 45.0 Å². The Bertz CT molecular complexity index is 1080. The molecule has 0 radical (unpaired) electrons. The maximum Gasteiger partial charge on any atom is 0.330 e. The number of benzene rings is 1. The highest BCUT2D eigenvalue weighted by Crippen LogP contribution is 2.28. The third-order valence-corrected chi connectivity index (χ3v) is 5.36. The molecule has 1 heterocycles. The third kappa shape index (κ3) is 10.1. The average molecular weight is 513 g/mol. The van der Waals surface area contributed by atoms with Crippen LogP contribution >= 0.6 is 0 Å². The molecule has 3 N–H and O–H groups in total. The second-order valence-corrected chi connectivity index (χ2v) is 9.64. The first kappa shape index (κ1) is 29.6. The molecule has 0 aliphatic carbocycles. The van der Waals surface area contributed by atoms with Gasteiger partial charge in [0, 0.05) is 24.1 Å². The first-order valence-electron chi connectivity index (χ1n) is 12.7. The van der Waals surface area contributed by atoms with Gasteiger partial charge in [0.05, 0.1) is 25.8 Å². The molecular weight excluding hydrogens is 472 g/mol. The number of unbranched alkanes of at least 4 members (excludes halogenated alkanes) is 1. The number of ether oxygens (including phenoxy) is 3. The first-order valence-corrected chi connectivity index (χ1v) is 12.7. The highest BCUT2D eigenvalue weighted by molar-refractivity contribution is 5.87. The van der Waals surface area contributed by atoms with Gasteiger partial charge in [0.25, 0.3) is 0 Å². The van der Waals surface area contributed by atoms with Crippen molar-refractivity contribution in [2.75, 3.05) is 24.8 Å². The Kier molecular flexibility index (Phi) is 11.4. The van der Waals surface area contributed by atoms with Gasteiger partial charge in [0.1, 0.15) is 17.2 Å². The van der Waals surface area contributed by atoms with E-state index >= 15 is 0 Å². The summed E-state index contributed by atoms with van der Waals surface area (Å²) in [6.07, 6.45) is 6.09. The van der Waals surface area contributed by atoms with Gasteiger partial charge in [-0.15, -0.1) is 0 Å². The van der Waals surface area contributed by atoms with Gasteiger partial charge in [0.15, 0.2) is 0 Å². The van der Waals surface area contributed by atoms with Gasteiger partial charge in [-0.05, 0) is 51.8 Å². The van der Waals surface area contributed by atoms with E-state index in [1.165, 1.54) is 6.08 Å². The molecule has 9 nitrogen and oxygen atoms in total. The SMILES string of the molecule is CCCCC(CC(=O)OC(C)(C)C)Nc1nc(N)nc(/C=C/C(=O)OCC)c1Cc1ccccc1OC. The molecule has 0 saturated carbocycles. The standard InChI is InChI=1S/C28H40N4O5/c1-7-9-13-20(18-25(34)37-28(3,4)5)30-26-21(17-19-12-10-11-14-23(19)35-6)22(31-27(29)32-26)15-16-24(33)36-8-2/h10-12,14-16,20H,7-9,13,17-18H2,1-6H3,(H3,29,30,31,32)/b16-15+. The van der Waals surface area contributed by atoms with E-state index in [-0.39, 0.29) is 31.0 Å². The molecule has 0 fully saturated rings. The molecule has 1 aromatic heterocycles. The summed E-state index contributed by atoms with van der Waals surface area (Å²) in [5.74, 6) is 0.467. The third-order valence-electron chi connectivity index (χ3n) is 5.36. The van der Waals surface area contributed by atoms with E-state index in [4.69, 9.17) is 19.9 Å². The normalized spacial score (nSPS) is 12.3. The van der Waals surface area contributed by atoms with Crippen LogP contribution in [-0.2, 0) is 25.5 Å². The summed E-state index contributed by atoms with van der Waals surface area (Å²) >= 11 is 0. The molecular formula is C28H40N4O5. The van der Waals surface area contributed by atoms with Crippen LogP contribution < -0.4 is 15.8 Å². The van der Waals surface area contributed by atoms with Crippen molar-refractivity contribution in [3.8, 4) is 5.75 Å². The van der Waals surface area contributed by atoms with E-state index in [9.17, 15) is 9.59 Å². The Balaban J connectivity index is 2.51. The van der Waals surface area contributed by atoms with Crippen LogP contribution in [0.25, 0.3) is 6.08 Å². The van der Waals surface area contributed by atoms with E-state index in [1.54, 1.807) is 20.1 Å². The number of rotatable bonds is 13. The maximum atomic E-state index is 12.7. The quantitative estimate of drug-likeness (QED) is 0.283. The van der Waals surface area contributed by atoms with Crippen molar-refractivity contribution >= 4 is 29.8 Å². The molecule has 2 aromatic rings. The molecule has 1 atom stereocenters. The van der Waals surface area contributed by atoms with Crippen LogP contribution in [0.4, 0.5) is 11.8 Å². The number of aromatic nitrogens is 2. The van der Waals surface area contributed by atoms with E-state index in [0.29, 0.717) is 29.2 Å². The lowest BCUT2D eigenvalue weighted by atomic mass is 10.0. The van der Waals surface area contributed by atoms with Gasteiger partial charge in [-0.2, -0.15) is 4.98 Å². The molecule has 0 aliphatic rings. The number of carbonyl (C=O) groups excluding carboxylic acids is 2. The van der Waals surface area contributed by atoms with Crippen molar-refractivity contribution in [1.82, 2.24) is 9.97 Å². The lowest BCUT2D eigenvalue weighted by molar-refractivity contribution is -0.155. The van der Waals surface area contributed by atoms with Crippen molar-refractivity contribution in [3.05, 3.63) is 47.2 Å². The monoisotopic (exact) mass is 512 g/mol. The van der Waals surface area contributed by atoms with Crippen LogP contribution in [0.2, 0.25) is 0 Å². The lowest BCUT2D eigenvalue weighted by Crippen LogP contribution is -2.30. The smallest absolute Gasteiger partial charge is 0.330 e. The van der Waals surface area contributed by atoms with Gasteiger partial charge in [-0.25, -0.2) is 9.78 Å². The Morgan fingerprint density at radius 3 is 2.54 bits per heavy atom. The van der Waals surface area contributed by atoms with Crippen LogP contribution in [-0.4, -0.2) is 47.3 Å². The number of anilines is 2. The van der Waals surface area contributed by atoms with E-state index < -0.39 is 11.6 Å². The zero-order valence-electron chi connectivity index (χ0n) is 22.8. The topological polar surface area (TPSA) is 126 Å². The molecule has 0 amide bonds. The molecule has 0 saturated heterocycles. The molecule has 0 aliphatic heterocycles. The van der Waals surface area contributed by atoms with Crippen LogP contribution in [0.15, 0.2) is 30.3 Å². The maximum absolute atomic E-state index is 12.7. The number of nitrogen functional groups attached to an aromatic ring is 1. The minimum absolute atomic E-state index is 0.0429. The molecule has 2 rings (SSSR count). The van der Waals surface area contributed by atoms with Gasteiger partial charge in [-0.3, -0.25) is 4.79 Å². The van der Waals surface area contributed by atoms with Crippen molar-refractivity contribution < 1.29 is 23.8 Å². The molecule has 37 heavy (non-hydrogen) atoms. The summed E-state index contributed by atoms with van der Waals surface area (Å²) in [6, 6.07) is 7.41. The average Bonchev–Trinajstić information content (AvgIpc) is 2.82. The first-order chi connectivity index (χ1) is 17.6. The summed E-state index contributed by atoms with van der Waals surface area (Å²) in [5, 5.41) is 3.43. The molecule has 0 bridgehead atoms. The second-order valence-electron chi connectivity index (χ2n) is 9.64.